The van der Waals surface area contributed by atoms with Gasteiger partial charge in [-0.1, -0.05) is 18.2 Å². The maximum absolute atomic E-state index is 6.44. The highest BCUT2D eigenvalue weighted by molar-refractivity contribution is 6.28. The summed E-state index contributed by atoms with van der Waals surface area (Å²) in [6, 6.07) is 19.8. The van der Waals surface area contributed by atoms with Crippen molar-refractivity contribution in [3.63, 3.8) is 0 Å². The van der Waals surface area contributed by atoms with Crippen LogP contribution in [0, 0.1) is 0 Å². The van der Waals surface area contributed by atoms with E-state index in [0.717, 1.165) is 32.7 Å². The van der Waals surface area contributed by atoms with Crippen molar-refractivity contribution < 1.29 is 0 Å². The summed E-state index contributed by atoms with van der Waals surface area (Å²) < 4.78 is 3.71. The molecule has 156 valence electrons. The van der Waals surface area contributed by atoms with Crippen LogP contribution < -0.4 is 0 Å². The van der Waals surface area contributed by atoms with Crippen LogP contribution in [0.15, 0.2) is 79.3 Å². The number of para-hydroxylation sites is 1. The second-order valence-electron chi connectivity index (χ2n) is 7.52. The molecule has 0 radical (unpaired) electrons. The van der Waals surface area contributed by atoms with Crippen LogP contribution in [0.3, 0.4) is 0 Å². The van der Waals surface area contributed by atoms with Gasteiger partial charge in [0.1, 0.15) is 16.9 Å². The Hall–Kier alpha value is -4.43. The molecule has 0 amide bonds. The van der Waals surface area contributed by atoms with Crippen molar-refractivity contribution in [2.24, 2.45) is 0 Å². The molecule has 6 heterocycles. The molecule has 6 aromatic heterocycles. The summed E-state index contributed by atoms with van der Waals surface area (Å²) in [6.07, 6.45) is 5.22. The van der Waals surface area contributed by atoms with Gasteiger partial charge >= 0.3 is 0 Å². The zero-order chi connectivity index (χ0) is 21.9. The molecule has 0 bridgehead atoms. The molecule has 1 aromatic carbocycles. The molecule has 33 heavy (non-hydrogen) atoms. The SMILES string of the molecule is Clc1nc(-n2c3ccccc3c3cccnc32)nc(-n2c3ncccc3c3cccnc32)n1. The molecule has 0 aliphatic rings. The first-order valence-electron chi connectivity index (χ1n) is 10.3. The number of hydrogen-bond acceptors (Lipinski definition) is 6. The fraction of sp³-hybridized carbons (Fsp3) is 0. The van der Waals surface area contributed by atoms with E-state index in [1.165, 1.54) is 0 Å². The van der Waals surface area contributed by atoms with Gasteiger partial charge in [0.25, 0.3) is 0 Å². The predicted octanol–water partition coefficient (Wildman–Crippen LogP) is 4.90. The summed E-state index contributed by atoms with van der Waals surface area (Å²) in [5, 5.41) is 4.04. The van der Waals surface area contributed by atoms with Crippen LogP contribution in [0.5, 0.6) is 0 Å². The Morgan fingerprint density at radius 3 is 1.64 bits per heavy atom. The van der Waals surface area contributed by atoms with Crippen molar-refractivity contribution in [1.29, 1.82) is 0 Å². The maximum Gasteiger partial charge on any atom is 0.243 e. The third kappa shape index (κ3) is 2.58. The molecule has 0 unspecified atom stereocenters. The molecule has 0 aliphatic carbocycles. The average Bonchev–Trinajstić information content (AvgIpc) is 3.37. The van der Waals surface area contributed by atoms with Crippen LogP contribution in [0.25, 0.3) is 55.9 Å². The monoisotopic (exact) mass is 448 g/mol. The van der Waals surface area contributed by atoms with E-state index >= 15 is 0 Å². The third-order valence-electron chi connectivity index (χ3n) is 5.71. The fourth-order valence-electron chi connectivity index (χ4n) is 4.39. The minimum atomic E-state index is 0.0683. The first kappa shape index (κ1) is 18.2. The van der Waals surface area contributed by atoms with E-state index < -0.39 is 0 Å². The Bertz CT molecular complexity index is 1610. The Morgan fingerprint density at radius 1 is 0.515 bits per heavy atom. The molecule has 8 nitrogen and oxygen atoms in total. The molecule has 0 N–H and O–H groups in total. The van der Waals surface area contributed by atoms with Crippen LogP contribution in [-0.4, -0.2) is 39.0 Å². The van der Waals surface area contributed by atoms with Crippen LogP contribution in [0.2, 0.25) is 5.28 Å². The largest absolute Gasteiger partial charge is 0.262 e. The Morgan fingerprint density at radius 2 is 1.00 bits per heavy atom. The van der Waals surface area contributed by atoms with E-state index in [1.54, 1.807) is 18.6 Å². The lowest BCUT2D eigenvalue weighted by atomic mass is 10.2. The number of aromatic nitrogens is 8. The molecule has 0 aliphatic heterocycles. The van der Waals surface area contributed by atoms with Gasteiger partial charge in [0.05, 0.1) is 5.52 Å². The molecule has 7 aromatic rings. The van der Waals surface area contributed by atoms with Crippen molar-refractivity contribution >= 4 is 55.6 Å². The predicted molar refractivity (Wildman–Crippen MR) is 127 cm³/mol. The highest BCUT2D eigenvalue weighted by Gasteiger charge is 2.20. The number of pyridine rings is 3. The van der Waals surface area contributed by atoms with E-state index in [1.807, 2.05) is 63.7 Å². The highest BCUT2D eigenvalue weighted by atomic mass is 35.5. The molecule has 9 heteroatoms. The normalized spacial score (nSPS) is 11.8. The average molecular weight is 449 g/mol. The van der Waals surface area contributed by atoms with Crippen molar-refractivity contribution in [3.8, 4) is 11.9 Å². The molecule has 0 spiro atoms. The standard InChI is InChI=1S/C24H13ClN8/c25-22-29-23(32-18-10-2-1-6-14(18)15-7-3-11-26-19(15)32)31-24(30-22)33-20-16(8-4-12-27-20)17-9-5-13-28-21(17)33/h1-13H. The summed E-state index contributed by atoms with van der Waals surface area (Å²) in [5.41, 5.74) is 3.06. The summed E-state index contributed by atoms with van der Waals surface area (Å²) in [5.74, 6) is 0.709. The third-order valence-corrected chi connectivity index (χ3v) is 5.87. The van der Waals surface area contributed by atoms with Gasteiger partial charge in [-0.25, -0.2) is 19.5 Å². The minimum Gasteiger partial charge on any atom is -0.262 e. The number of benzene rings is 1. The summed E-state index contributed by atoms with van der Waals surface area (Å²) in [4.78, 5) is 27.5. The first-order valence-corrected chi connectivity index (χ1v) is 10.6. The lowest BCUT2D eigenvalue weighted by Crippen LogP contribution is -2.10. The summed E-state index contributed by atoms with van der Waals surface area (Å²) in [6.45, 7) is 0. The zero-order valence-electron chi connectivity index (χ0n) is 17.0. The van der Waals surface area contributed by atoms with Crippen molar-refractivity contribution in [3.05, 3.63) is 84.5 Å². The molecular weight excluding hydrogens is 436 g/mol. The van der Waals surface area contributed by atoms with Gasteiger partial charge < -0.3 is 0 Å². The number of hydrogen-bond donors (Lipinski definition) is 0. The summed E-state index contributed by atoms with van der Waals surface area (Å²) in [7, 11) is 0. The van der Waals surface area contributed by atoms with Gasteiger partial charge in [-0.3, -0.25) is 4.57 Å². The topological polar surface area (TPSA) is 87.2 Å². The van der Waals surface area contributed by atoms with Crippen molar-refractivity contribution in [1.82, 2.24) is 39.0 Å². The molecule has 0 atom stereocenters. The van der Waals surface area contributed by atoms with E-state index in [4.69, 9.17) is 16.6 Å². The highest BCUT2D eigenvalue weighted by Crippen LogP contribution is 2.31. The number of halogens is 1. The molecule has 7 rings (SSSR count). The fourth-order valence-corrected chi connectivity index (χ4v) is 4.54. The van der Waals surface area contributed by atoms with Crippen LogP contribution >= 0.6 is 11.6 Å². The van der Waals surface area contributed by atoms with Crippen LogP contribution in [0.4, 0.5) is 0 Å². The Kier molecular flexibility index (Phi) is 3.73. The van der Waals surface area contributed by atoms with Gasteiger partial charge in [-0.2, -0.15) is 15.0 Å². The van der Waals surface area contributed by atoms with E-state index in [2.05, 4.69) is 31.0 Å². The maximum atomic E-state index is 6.44. The zero-order valence-corrected chi connectivity index (χ0v) is 17.7. The van der Waals surface area contributed by atoms with E-state index in [9.17, 15) is 0 Å². The lowest BCUT2D eigenvalue weighted by molar-refractivity contribution is 0.874. The molecular formula is C24H13ClN8. The second kappa shape index (κ2) is 6.78. The van der Waals surface area contributed by atoms with Crippen molar-refractivity contribution in [2.45, 2.75) is 0 Å². The van der Waals surface area contributed by atoms with Gasteiger partial charge in [0.2, 0.25) is 17.2 Å². The van der Waals surface area contributed by atoms with Crippen LogP contribution in [0.1, 0.15) is 0 Å². The quantitative estimate of drug-likeness (QED) is 0.373. The number of fused-ring (bicyclic) bond motifs is 6. The lowest BCUT2D eigenvalue weighted by Gasteiger charge is -2.09. The van der Waals surface area contributed by atoms with Crippen LogP contribution in [-0.2, 0) is 0 Å². The van der Waals surface area contributed by atoms with Gasteiger partial charge in [-0.05, 0) is 54.1 Å². The number of nitrogens with zero attached hydrogens (tertiary/aromatic N) is 8. The van der Waals surface area contributed by atoms with Gasteiger partial charge in [-0.15, -0.1) is 0 Å². The molecule has 0 saturated heterocycles. The van der Waals surface area contributed by atoms with Gasteiger partial charge in [0, 0.05) is 40.1 Å². The van der Waals surface area contributed by atoms with Crippen molar-refractivity contribution in [2.75, 3.05) is 0 Å². The molecule has 0 fully saturated rings. The first-order chi connectivity index (χ1) is 16.3. The second-order valence-corrected chi connectivity index (χ2v) is 7.85. The smallest absolute Gasteiger partial charge is 0.243 e. The Labute approximate surface area is 191 Å². The Balaban J connectivity index is 1.58. The molecule has 0 saturated carbocycles. The minimum absolute atomic E-state index is 0.0683. The number of rotatable bonds is 2. The summed E-state index contributed by atoms with van der Waals surface area (Å²) >= 11 is 6.44. The van der Waals surface area contributed by atoms with E-state index in [-0.39, 0.29) is 5.28 Å². The van der Waals surface area contributed by atoms with E-state index in [0.29, 0.717) is 23.2 Å². The van der Waals surface area contributed by atoms with Gasteiger partial charge in [0.15, 0.2) is 0 Å².